The van der Waals surface area contributed by atoms with Crippen LogP contribution in [-0.4, -0.2) is 19.1 Å². The molecule has 0 fully saturated rings. The van der Waals surface area contributed by atoms with Crippen molar-refractivity contribution >= 4 is 11.6 Å². The highest BCUT2D eigenvalue weighted by Crippen LogP contribution is 2.29. The maximum Gasteiger partial charge on any atom is 0.137 e. The van der Waals surface area contributed by atoms with Gasteiger partial charge in [-0.2, -0.15) is 0 Å². The lowest BCUT2D eigenvalue weighted by Gasteiger charge is -2.17. The molecule has 1 heterocycles. The van der Waals surface area contributed by atoms with Crippen LogP contribution in [0.4, 0.5) is 0 Å². The Bertz CT molecular complexity index is 516. The van der Waals surface area contributed by atoms with Gasteiger partial charge in [-0.3, -0.25) is 4.98 Å². The van der Waals surface area contributed by atoms with Gasteiger partial charge in [-0.1, -0.05) is 23.7 Å². The predicted octanol–water partition coefficient (Wildman–Crippen LogP) is 3.05. The number of methoxy groups -OCH3 is 1. The van der Waals surface area contributed by atoms with Crippen LogP contribution in [0.5, 0.6) is 5.75 Å². The minimum atomic E-state index is 0.0253. The maximum absolute atomic E-state index is 6.03. The highest BCUT2D eigenvalue weighted by atomic mass is 35.5. The molecular formula is C14H15ClN2O. The molecule has 2 aromatic rings. The fourth-order valence-corrected chi connectivity index (χ4v) is 2.08. The Kier molecular flexibility index (Phi) is 4.18. The molecule has 0 aliphatic rings. The molecule has 1 N–H and O–H groups in total. The zero-order valence-corrected chi connectivity index (χ0v) is 11.1. The molecule has 0 saturated carbocycles. The van der Waals surface area contributed by atoms with E-state index >= 15 is 0 Å². The predicted molar refractivity (Wildman–Crippen MR) is 73.1 cm³/mol. The number of ether oxygens (including phenoxy) is 1. The summed E-state index contributed by atoms with van der Waals surface area (Å²) >= 11 is 6.03. The van der Waals surface area contributed by atoms with Crippen LogP contribution in [0.15, 0.2) is 42.6 Å². The summed E-state index contributed by atoms with van der Waals surface area (Å²) in [6.45, 7) is 0. The summed E-state index contributed by atoms with van der Waals surface area (Å²) in [5.74, 6) is 0.672. The molecule has 0 aliphatic carbocycles. The molecule has 18 heavy (non-hydrogen) atoms. The van der Waals surface area contributed by atoms with Crippen LogP contribution >= 0.6 is 11.6 Å². The second-order valence-electron chi connectivity index (χ2n) is 3.87. The zero-order chi connectivity index (χ0) is 13.0. The van der Waals surface area contributed by atoms with E-state index in [1.807, 2.05) is 43.4 Å². The maximum atomic E-state index is 6.03. The lowest BCUT2D eigenvalue weighted by molar-refractivity contribution is 0.414. The topological polar surface area (TPSA) is 34.1 Å². The molecule has 1 unspecified atom stereocenters. The van der Waals surface area contributed by atoms with Crippen molar-refractivity contribution in [2.24, 2.45) is 0 Å². The van der Waals surface area contributed by atoms with Crippen molar-refractivity contribution in [1.29, 1.82) is 0 Å². The van der Waals surface area contributed by atoms with Gasteiger partial charge in [0.25, 0.3) is 0 Å². The smallest absolute Gasteiger partial charge is 0.137 e. The summed E-state index contributed by atoms with van der Waals surface area (Å²) in [5.41, 5.74) is 2.03. The molecular weight excluding hydrogens is 248 g/mol. The Morgan fingerprint density at radius 1 is 1.28 bits per heavy atom. The number of halogens is 1. The van der Waals surface area contributed by atoms with E-state index in [1.54, 1.807) is 13.3 Å². The van der Waals surface area contributed by atoms with Gasteiger partial charge >= 0.3 is 0 Å². The average molecular weight is 263 g/mol. The molecule has 1 aromatic carbocycles. The second-order valence-corrected chi connectivity index (χ2v) is 4.28. The first-order valence-electron chi connectivity index (χ1n) is 5.68. The van der Waals surface area contributed by atoms with Crippen LogP contribution in [0, 0.1) is 0 Å². The van der Waals surface area contributed by atoms with E-state index in [0.29, 0.717) is 10.8 Å². The molecule has 0 saturated heterocycles. The lowest BCUT2D eigenvalue weighted by atomic mass is 10.0. The third-order valence-electron chi connectivity index (χ3n) is 2.78. The summed E-state index contributed by atoms with van der Waals surface area (Å²) in [4.78, 5) is 4.37. The molecule has 1 aromatic heterocycles. The Balaban J connectivity index is 2.39. The van der Waals surface area contributed by atoms with Crippen molar-refractivity contribution < 1.29 is 4.74 Å². The van der Waals surface area contributed by atoms with Gasteiger partial charge in [0.2, 0.25) is 0 Å². The third kappa shape index (κ3) is 2.63. The van der Waals surface area contributed by atoms with Crippen molar-refractivity contribution in [2.75, 3.05) is 14.2 Å². The van der Waals surface area contributed by atoms with Crippen molar-refractivity contribution in [3.63, 3.8) is 0 Å². The van der Waals surface area contributed by atoms with Gasteiger partial charge in [-0.25, -0.2) is 0 Å². The molecule has 0 amide bonds. The minimum Gasteiger partial charge on any atom is -0.495 e. The Labute approximate surface area is 112 Å². The Hall–Kier alpha value is -1.58. The SMILES string of the molecule is CNC(c1ccc(Cl)c(OC)c1)c1ccccn1. The molecule has 0 spiro atoms. The van der Waals surface area contributed by atoms with E-state index in [2.05, 4.69) is 10.3 Å². The van der Waals surface area contributed by atoms with Crippen LogP contribution in [0.2, 0.25) is 5.02 Å². The van der Waals surface area contributed by atoms with Gasteiger partial charge in [-0.15, -0.1) is 0 Å². The summed E-state index contributed by atoms with van der Waals surface area (Å²) in [7, 11) is 3.51. The molecule has 94 valence electrons. The standard InChI is InChI=1S/C14H15ClN2O/c1-16-14(12-5-3-4-8-17-12)10-6-7-11(15)13(9-10)18-2/h3-9,14,16H,1-2H3. The Morgan fingerprint density at radius 3 is 2.72 bits per heavy atom. The molecule has 0 aliphatic heterocycles. The molecule has 0 bridgehead atoms. The zero-order valence-electron chi connectivity index (χ0n) is 10.4. The number of pyridine rings is 1. The summed E-state index contributed by atoms with van der Waals surface area (Å²) in [6, 6.07) is 11.6. The van der Waals surface area contributed by atoms with E-state index < -0.39 is 0 Å². The van der Waals surface area contributed by atoms with Crippen molar-refractivity contribution in [3.05, 3.63) is 58.9 Å². The van der Waals surface area contributed by atoms with Gasteiger partial charge in [0, 0.05) is 6.20 Å². The highest BCUT2D eigenvalue weighted by molar-refractivity contribution is 6.32. The number of hydrogen-bond donors (Lipinski definition) is 1. The van der Waals surface area contributed by atoms with Gasteiger partial charge < -0.3 is 10.1 Å². The average Bonchev–Trinajstić information content (AvgIpc) is 2.42. The van der Waals surface area contributed by atoms with E-state index in [9.17, 15) is 0 Å². The fourth-order valence-electron chi connectivity index (χ4n) is 1.89. The first-order valence-corrected chi connectivity index (χ1v) is 6.05. The minimum absolute atomic E-state index is 0.0253. The number of benzene rings is 1. The fraction of sp³-hybridized carbons (Fsp3) is 0.214. The summed E-state index contributed by atoms with van der Waals surface area (Å²) in [5, 5.41) is 3.85. The quantitative estimate of drug-likeness (QED) is 0.920. The normalized spacial score (nSPS) is 12.2. The molecule has 1 atom stereocenters. The first-order chi connectivity index (χ1) is 8.76. The molecule has 3 nitrogen and oxygen atoms in total. The van der Waals surface area contributed by atoms with Crippen molar-refractivity contribution in [2.45, 2.75) is 6.04 Å². The largest absolute Gasteiger partial charge is 0.495 e. The highest BCUT2D eigenvalue weighted by Gasteiger charge is 2.14. The molecule has 0 radical (unpaired) electrons. The van der Waals surface area contributed by atoms with E-state index in [1.165, 1.54) is 0 Å². The van der Waals surface area contributed by atoms with Crippen molar-refractivity contribution in [1.82, 2.24) is 10.3 Å². The van der Waals surface area contributed by atoms with Crippen molar-refractivity contribution in [3.8, 4) is 5.75 Å². The van der Waals surface area contributed by atoms with Gasteiger partial charge in [-0.05, 0) is 36.9 Å². The molecule has 2 rings (SSSR count). The first kappa shape index (κ1) is 12.9. The lowest BCUT2D eigenvalue weighted by Crippen LogP contribution is -2.18. The Morgan fingerprint density at radius 2 is 2.11 bits per heavy atom. The number of aromatic nitrogens is 1. The summed E-state index contributed by atoms with van der Waals surface area (Å²) < 4.78 is 5.24. The third-order valence-corrected chi connectivity index (χ3v) is 3.09. The second kappa shape index (κ2) is 5.85. The van der Waals surface area contributed by atoms with Crippen LogP contribution in [0.3, 0.4) is 0 Å². The summed E-state index contributed by atoms with van der Waals surface area (Å²) in [6.07, 6.45) is 1.78. The van der Waals surface area contributed by atoms with Crippen LogP contribution in [-0.2, 0) is 0 Å². The monoisotopic (exact) mass is 262 g/mol. The number of hydrogen-bond acceptors (Lipinski definition) is 3. The molecule has 4 heteroatoms. The van der Waals surface area contributed by atoms with Gasteiger partial charge in [0.15, 0.2) is 0 Å². The van der Waals surface area contributed by atoms with E-state index in [-0.39, 0.29) is 6.04 Å². The van der Waals surface area contributed by atoms with E-state index in [0.717, 1.165) is 11.3 Å². The van der Waals surface area contributed by atoms with Crippen LogP contribution in [0.25, 0.3) is 0 Å². The van der Waals surface area contributed by atoms with E-state index in [4.69, 9.17) is 16.3 Å². The van der Waals surface area contributed by atoms with Crippen LogP contribution < -0.4 is 10.1 Å². The van der Waals surface area contributed by atoms with Gasteiger partial charge in [0.1, 0.15) is 5.75 Å². The number of rotatable bonds is 4. The number of nitrogens with zero attached hydrogens (tertiary/aromatic N) is 1. The van der Waals surface area contributed by atoms with Gasteiger partial charge in [0.05, 0.1) is 23.9 Å². The number of nitrogens with one attached hydrogen (secondary N) is 1. The van der Waals surface area contributed by atoms with Crippen LogP contribution in [0.1, 0.15) is 17.3 Å².